The van der Waals surface area contributed by atoms with E-state index in [0.29, 0.717) is 5.92 Å². The summed E-state index contributed by atoms with van der Waals surface area (Å²) in [5, 5.41) is 8.27. The monoisotopic (exact) mass is 205 g/mol. The van der Waals surface area contributed by atoms with Gasteiger partial charge in [0.05, 0.1) is 13.3 Å². The number of nitrogens with zero attached hydrogens (tertiary/aromatic N) is 3. The molecule has 0 unspecified atom stereocenters. The van der Waals surface area contributed by atoms with E-state index < -0.39 is 0 Å². The number of rotatable bonds is 3. The Morgan fingerprint density at radius 1 is 1.33 bits per heavy atom. The molecule has 0 bridgehead atoms. The van der Waals surface area contributed by atoms with Crippen molar-refractivity contribution < 1.29 is 4.74 Å². The van der Waals surface area contributed by atoms with Crippen LogP contribution in [-0.2, 0) is 6.42 Å². The highest BCUT2D eigenvalue weighted by Crippen LogP contribution is 2.14. The summed E-state index contributed by atoms with van der Waals surface area (Å²) in [4.78, 5) is 0. The van der Waals surface area contributed by atoms with Crippen molar-refractivity contribution >= 4 is 5.65 Å². The third kappa shape index (κ3) is 1.93. The van der Waals surface area contributed by atoms with Crippen molar-refractivity contribution in [3.8, 4) is 5.75 Å². The molecule has 0 radical (unpaired) electrons. The van der Waals surface area contributed by atoms with Crippen molar-refractivity contribution in [1.29, 1.82) is 0 Å². The number of methoxy groups -OCH3 is 1. The van der Waals surface area contributed by atoms with E-state index in [1.165, 1.54) is 0 Å². The molecular weight excluding hydrogens is 190 g/mol. The minimum Gasteiger partial charge on any atom is -0.495 e. The van der Waals surface area contributed by atoms with Gasteiger partial charge in [0.2, 0.25) is 0 Å². The molecule has 0 fully saturated rings. The molecule has 0 aliphatic carbocycles. The van der Waals surface area contributed by atoms with Crippen molar-refractivity contribution in [2.45, 2.75) is 20.3 Å². The fraction of sp³-hybridized carbons (Fsp3) is 0.455. The first kappa shape index (κ1) is 9.96. The zero-order valence-electron chi connectivity index (χ0n) is 9.27. The van der Waals surface area contributed by atoms with Crippen molar-refractivity contribution in [3.05, 3.63) is 24.2 Å². The quantitative estimate of drug-likeness (QED) is 0.768. The molecule has 0 atom stereocenters. The van der Waals surface area contributed by atoms with E-state index in [4.69, 9.17) is 4.74 Å². The summed E-state index contributed by atoms with van der Waals surface area (Å²) in [5.41, 5.74) is 0.867. The Bertz CT molecular complexity index is 462. The number of fused-ring (bicyclic) bond motifs is 1. The Labute approximate surface area is 88.9 Å². The van der Waals surface area contributed by atoms with Gasteiger partial charge in [-0.1, -0.05) is 13.8 Å². The predicted octanol–water partition coefficient (Wildman–Crippen LogP) is 1.94. The summed E-state index contributed by atoms with van der Waals surface area (Å²) in [6, 6.07) is 3.80. The zero-order valence-corrected chi connectivity index (χ0v) is 9.27. The smallest absolute Gasteiger partial charge is 0.161 e. The third-order valence-electron chi connectivity index (χ3n) is 2.27. The van der Waals surface area contributed by atoms with Gasteiger partial charge in [-0.3, -0.25) is 4.40 Å². The van der Waals surface area contributed by atoms with Gasteiger partial charge in [-0.25, -0.2) is 0 Å². The summed E-state index contributed by atoms with van der Waals surface area (Å²) in [7, 11) is 1.66. The lowest BCUT2D eigenvalue weighted by molar-refractivity contribution is 0.412. The van der Waals surface area contributed by atoms with Gasteiger partial charge in [0.15, 0.2) is 5.65 Å². The van der Waals surface area contributed by atoms with Gasteiger partial charge in [-0.15, -0.1) is 10.2 Å². The van der Waals surface area contributed by atoms with E-state index in [0.717, 1.165) is 23.6 Å². The summed E-state index contributed by atoms with van der Waals surface area (Å²) in [5.74, 6) is 2.38. The molecule has 4 nitrogen and oxygen atoms in total. The van der Waals surface area contributed by atoms with Crippen molar-refractivity contribution in [2.24, 2.45) is 5.92 Å². The number of hydrogen-bond acceptors (Lipinski definition) is 3. The number of ether oxygens (including phenoxy) is 1. The molecule has 0 saturated heterocycles. The molecule has 80 valence electrons. The topological polar surface area (TPSA) is 39.4 Å². The molecule has 2 aromatic heterocycles. The van der Waals surface area contributed by atoms with Crippen LogP contribution in [-0.4, -0.2) is 21.7 Å². The molecule has 0 aliphatic heterocycles. The van der Waals surface area contributed by atoms with Crippen LogP contribution in [0.1, 0.15) is 19.7 Å². The second kappa shape index (κ2) is 3.88. The largest absolute Gasteiger partial charge is 0.495 e. The summed E-state index contributed by atoms with van der Waals surface area (Å²) in [6.07, 6.45) is 2.85. The Kier molecular flexibility index (Phi) is 2.58. The molecule has 0 amide bonds. The molecular formula is C11H15N3O. The second-order valence-corrected chi connectivity index (χ2v) is 4.01. The minimum atomic E-state index is 0.573. The highest BCUT2D eigenvalue weighted by Gasteiger charge is 2.07. The Morgan fingerprint density at radius 3 is 2.80 bits per heavy atom. The summed E-state index contributed by atoms with van der Waals surface area (Å²) in [6.45, 7) is 4.34. The Balaban J connectivity index is 2.46. The molecule has 0 aromatic carbocycles. The number of hydrogen-bond donors (Lipinski definition) is 0. The lowest BCUT2D eigenvalue weighted by Crippen LogP contribution is -2.00. The highest BCUT2D eigenvalue weighted by molar-refractivity contribution is 5.41. The van der Waals surface area contributed by atoms with Crippen LogP contribution in [0.5, 0.6) is 5.75 Å². The summed E-state index contributed by atoms with van der Waals surface area (Å²) >= 11 is 0. The van der Waals surface area contributed by atoms with Crippen LogP contribution in [0.25, 0.3) is 5.65 Å². The highest BCUT2D eigenvalue weighted by atomic mass is 16.5. The van der Waals surface area contributed by atoms with Gasteiger partial charge in [0.1, 0.15) is 11.6 Å². The average Bonchev–Trinajstić information content (AvgIpc) is 2.60. The molecule has 0 saturated carbocycles. The molecule has 2 rings (SSSR count). The van der Waals surface area contributed by atoms with E-state index in [2.05, 4.69) is 24.0 Å². The zero-order chi connectivity index (χ0) is 10.8. The van der Waals surface area contributed by atoms with Gasteiger partial charge in [0.25, 0.3) is 0 Å². The molecule has 0 N–H and O–H groups in total. The fourth-order valence-electron chi connectivity index (χ4n) is 1.54. The van der Waals surface area contributed by atoms with E-state index in [1.54, 1.807) is 7.11 Å². The number of aromatic nitrogens is 3. The van der Waals surface area contributed by atoms with Crippen LogP contribution in [0.4, 0.5) is 0 Å². The lowest BCUT2D eigenvalue weighted by atomic mass is 10.1. The maximum Gasteiger partial charge on any atom is 0.161 e. The van der Waals surface area contributed by atoms with E-state index in [9.17, 15) is 0 Å². The second-order valence-electron chi connectivity index (χ2n) is 4.01. The molecule has 2 aromatic rings. The summed E-state index contributed by atoms with van der Waals surface area (Å²) < 4.78 is 7.16. The first-order valence-corrected chi connectivity index (χ1v) is 5.08. The lowest BCUT2D eigenvalue weighted by Gasteiger charge is -2.04. The first-order chi connectivity index (χ1) is 7.20. The molecule has 15 heavy (non-hydrogen) atoms. The van der Waals surface area contributed by atoms with Crippen LogP contribution in [0, 0.1) is 5.92 Å². The Morgan fingerprint density at radius 2 is 2.13 bits per heavy atom. The maximum absolute atomic E-state index is 5.18. The van der Waals surface area contributed by atoms with Crippen LogP contribution in [0.15, 0.2) is 18.3 Å². The molecule has 0 aliphatic rings. The van der Waals surface area contributed by atoms with Crippen LogP contribution < -0.4 is 4.74 Å². The van der Waals surface area contributed by atoms with Gasteiger partial charge >= 0.3 is 0 Å². The normalized spacial score (nSPS) is 11.2. The SMILES string of the molecule is COc1ccc2nnc(CC(C)C)n2c1. The van der Waals surface area contributed by atoms with Crippen LogP contribution in [0.3, 0.4) is 0 Å². The maximum atomic E-state index is 5.18. The van der Waals surface area contributed by atoms with Gasteiger partial charge in [0, 0.05) is 6.42 Å². The van der Waals surface area contributed by atoms with Crippen LogP contribution in [0.2, 0.25) is 0 Å². The van der Waals surface area contributed by atoms with Gasteiger partial charge in [-0.05, 0) is 18.1 Å². The molecule has 0 spiro atoms. The van der Waals surface area contributed by atoms with Crippen molar-refractivity contribution in [1.82, 2.24) is 14.6 Å². The van der Waals surface area contributed by atoms with E-state index >= 15 is 0 Å². The van der Waals surface area contributed by atoms with E-state index in [-0.39, 0.29) is 0 Å². The minimum absolute atomic E-state index is 0.573. The van der Waals surface area contributed by atoms with Crippen molar-refractivity contribution in [2.75, 3.05) is 7.11 Å². The third-order valence-corrected chi connectivity index (χ3v) is 2.27. The van der Waals surface area contributed by atoms with Crippen LogP contribution >= 0.6 is 0 Å². The molecule has 2 heterocycles. The average molecular weight is 205 g/mol. The van der Waals surface area contributed by atoms with E-state index in [1.807, 2.05) is 22.7 Å². The predicted molar refractivity (Wildman–Crippen MR) is 58.1 cm³/mol. The van der Waals surface area contributed by atoms with Crippen molar-refractivity contribution in [3.63, 3.8) is 0 Å². The molecule has 4 heteroatoms. The fourth-order valence-corrected chi connectivity index (χ4v) is 1.54. The van der Waals surface area contributed by atoms with Gasteiger partial charge < -0.3 is 4.74 Å². The standard InChI is InChI=1S/C11H15N3O/c1-8(2)6-11-13-12-10-5-4-9(15-3)7-14(10)11/h4-5,7-8H,6H2,1-3H3. The van der Waals surface area contributed by atoms with Gasteiger partial charge in [-0.2, -0.15) is 0 Å². The number of pyridine rings is 1. The first-order valence-electron chi connectivity index (χ1n) is 5.08. The Hall–Kier alpha value is -1.58.